The summed E-state index contributed by atoms with van der Waals surface area (Å²) in [7, 11) is 0. The molecule has 0 bridgehead atoms. The van der Waals surface area contributed by atoms with Crippen molar-refractivity contribution in [3.8, 4) is 0 Å². The third-order valence-electron chi connectivity index (χ3n) is 4.85. The Hall–Kier alpha value is -3.93. The van der Waals surface area contributed by atoms with Gasteiger partial charge in [-0.2, -0.15) is 0 Å². The first kappa shape index (κ1) is 20.3. The van der Waals surface area contributed by atoms with E-state index in [-0.39, 0.29) is 18.5 Å². The second-order valence-corrected chi connectivity index (χ2v) is 7.40. The number of pyridine rings is 1. The smallest absolute Gasteiger partial charge is 0.304 e. The van der Waals surface area contributed by atoms with Crippen molar-refractivity contribution in [3.05, 3.63) is 72.3 Å². The van der Waals surface area contributed by atoms with Crippen molar-refractivity contribution in [2.24, 2.45) is 0 Å². The maximum absolute atomic E-state index is 11.7. The molecule has 0 saturated heterocycles. The second kappa shape index (κ2) is 8.83. The maximum Gasteiger partial charge on any atom is 0.304 e. The number of para-hydroxylation sites is 2. The van der Waals surface area contributed by atoms with Gasteiger partial charge in [-0.1, -0.05) is 36.4 Å². The largest absolute Gasteiger partial charge is 0.445 e. The molecule has 0 amide bonds. The van der Waals surface area contributed by atoms with Gasteiger partial charge < -0.3 is 15.4 Å². The normalized spacial score (nSPS) is 10.8. The van der Waals surface area contributed by atoms with Crippen LogP contribution in [0.25, 0.3) is 21.8 Å². The Morgan fingerprint density at radius 2 is 1.48 bits per heavy atom. The van der Waals surface area contributed by atoms with Crippen LogP contribution in [0.2, 0.25) is 0 Å². The number of carbonyl (C=O) groups is 2. The zero-order chi connectivity index (χ0) is 21.8. The summed E-state index contributed by atoms with van der Waals surface area (Å²) in [5, 5.41) is 8.64. The summed E-state index contributed by atoms with van der Waals surface area (Å²) in [6.07, 6.45) is 0.315. The average molecular weight is 413 g/mol. The number of hydrogen-bond donors (Lipinski definition) is 2. The minimum atomic E-state index is -0.361. The van der Waals surface area contributed by atoms with Crippen molar-refractivity contribution in [2.45, 2.75) is 20.3 Å². The van der Waals surface area contributed by atoms with Crippen molar-refractivity contribution in [1.82, 2.24) is 4.98 Å². The molecule has 0 fully saturated rings. The van der Waals surface area contributed by atoms with Gasteiger partial charge in [-0.3, -0.25) is 9.59 Å². The molecule has 1 heterocycles. The molecule has 0 aliphatic heterocycles. The van der Waals surface area contributed by atoms with E-state index in [0.717, 1.165) is 44.4 Å². The van der Waals surface area contributed by atoms with Gasteiger partial charge in [-0.15, -0.1) is 0 Å². The molecule has 0 saturated carbocycles. The molecular formula is C25H23N3O3. The molecule has 1 aromatic heterocycles. The van der Waals surface area contributed by atoms with Crippen LogP contribution in [0.3, 0.4) is 0 Å². The minimum Gasteiger partial charge on any atom is -0.445 e. The topological polar surface area (TPSA) is 80.3 Å². The van der Waals surface area contributed by atoms with Crippen LogP contribution in [-0.4, -0.2) is 23.5 Å². The third kappa shape index (κ3) is 4.80. The summed E-state index contributed by atoms with van der Waals surface area (Å²) in [5.41, 5.74) is 5.20. The van der Waals surface area contributed by atoms with Crippen LogP contribution in [0.15, 0.2) is 66.7 Å². The monoisotopic (exact) mass is 413 g/mol. The maximum atomic E-state index is 11.7. The number of esters is 1. The molecule has 0 radical (unpaired) electrons. The molecule has 31 heavy (non-hydrogen) atoms. The van der Waals surface area contributed by atoms with Gasteiger partial charge in [0.05, 0.1) is 16.7 Å². The molecule has 0 unspecified atom stereocenters. The zero-order valence-electron chi connectivity index (χ0n) is 17.4. The zero-order valence-corrected chi connectivity index (χ0v) is 17.4. The predicted molar refractivity (Wildman–Crippen MR) is 124 cm³/mol. The Kier molecular flexibility index (Phi) is 5.80. The molecule has 0 aliphatic rings. The Morgan fingerprint density at radius 1 is 0.871 bits per heavy atom. The number of ether oxygens (including phenoxy) is 1. The van der Waals surface area contributed by atoms with Crippen LogP contribution in [0.5, 0.6) is 0 Å². The Labute approximate surface area is 180 Å². The van der Waals surface area contributed by atoms with E-state index in [2.05, 4.69) is 10.6 Å². The molecule has 4 rings (SSSR count). The Balaban J connectivity index is 1.77. The van der Waals surface area contributed by atoms with Crippen molar-refractivity contribution >= 4 is 50.6 Å². The lowest BCUT2D eigenvalue weighted by Crippen LogP contribution is -2.10. The van der Waals surface area contributed by atoms with Gasteiger partial charge in [0.25, 0.3) is 0 Å². The highest BCUT2D eigenvalue weighted by molar-refractivity contribution is 6.08. The minimum absolute atomic E-state index is 0.0550. The first-order valence-corrected chi connectivity index (χ1v) is 10.0. The first-order chi connectivity index (χ1) is 15.0. The SMILES string of the molecule is CC(=O)Cc1cc(NCOC(C)=O)cc(Nc2c3ccccc3nc3ccccc23)c1. The first-order valence-electron chi connectivity index (χ1n) is 10.0. The van der Waals surface area contributed by atoms with Gasteiger partial charge in [0.1, 0.15) is 5.78 Å². The molecule has 156 valence electrons. The van der Waals surface area contributed by atoms with Gasteiger partial charge in [-0.05, 0) is 42.8 Å². The van der Waals surface area contributed by atoms with E-state index in [4.69, 9.17) is 9.72 Å². The third-order valence-corrected chi connectivity index (χ3v) is 4.85. The van der Waals surface area contributed by atoms with Gasteiger partial charge in [0, 0.05) is 35.5 Å². The molecule has 6 heteroatoms. The van der Waals surface area contributed by atoms with Crippen molar-refractivity contribution < 1.29 is 14.3 Å². The summed E-state index contributed by atoms with van der Waals surface area (Å²) in [6.45, 7) is 2.98. The van der Waals surface area contributed by atoms with E-state index in [1.807, 2.05) is 66.7 Å². The fraction of sp³-hybridized carbons (Fsp3) is 0.160. The standard InChI is InChI=1S/C25H23N3O3/c1-16(29)11-18-12-19(26-15-31-17(2)30)14-20(13-18)27-25-21-7-3-5-9-23(21)28-24-10-6-4-8-22(24)25/h3-10,12-14,26H,11,15H2,1-2H3,(H,27,28). The lowest BCUT2D eigenvalue weighted by Gasteiger charge is -2.16. The Bertz CT molecular complexity index is 1230. The number of nitrogens with zero attached hydrogens (tertiary/aromatic N) is 1. The van der Waals surface area contributed by atoms with E-state index < -0.39 is 0 Å². The summed E-state index contributed by atoms with van der Waals surface area (Å²) in [5.74, 6) is -0.289. The average Bonchev–Trinajstić information content (AvgIpc) is 2.73. The number of anilines is 3. The molecule has 0 atom stereocenters. The van der Waals surface area contributed by atoms with E-state index in [1.54, 1.807) is 6.92 Å². The summed E-state index contributed by atoms with van der Waals surface area (Å²) < 4.78 is 4.99. The molecule has 0 aliphatic carbocycles. The number of carbonyl (C=O) groups excluding carboxylic acids is 2. The van der Waals surface area contributed by atoms with E-state index in [0.29, 0.717) is 6.42 Å². The number of nitrogens with one attached hydrogen (secondary N) is 2. The van der Waals surface area contributed by atoms with E-state index >= 15 is 0 Å². The number of benzene rings is 3. The highest BCUT2D eigenvalue weighted by atomic mass is 16.5. The second-order valence-electron chi connectivity index (χ2n) is 7.40. The number of ketones is 1. The van der Waals surface area contributed by atoms with Crippen LogP contribution >= 0.6 is 0 Å². The summed E-state index contributed by atoms with van der Waals surface area (Å²) >= 11 is 0. The van der Waals surface area contributed by atoms with E-state index in [1.165, 1.54) is 6.92 Å². The molecular weight excluding hydrogens is 390 g/mol. The fourth-order valence-electron chi connectivity index (χ4n) is 3.60. The summed E-state index contributed by atoms with van der Waals surface area (Å²) in [6, 6.07) is 21.8. The highest BCUT2D eigenvalue weighted by Gasteiger charge is 2.11. The van der Waals surface area contributed by atoms with Gasteiger partial charge >= 0.3 is 5.97 Å². The number of rotatable bonds is 7. The fourth-order valence-corrected chi connectivity index (χ4v) is 3.60. The molecule has 2 N–H and O–H groups in total. The van der Waals surface area contributed by atoms with Crippen molar-refractivity contribution in [3.63, 3.8) is 0 Å². The van der Waals surface area contributed by atoms with Gasteiger partial charge in [-0.25, -0.2) is 4.98 Å². The number of hydrogen-bond acceptors (Lipinski definition) is 6. The lowest BCUT2D eigenvalue weighted by atomic mass is 10.1. The molecule has 6 nitrogen and oxygen atoms in total. The number of Topliss-reactive ketones (excluding diaryl/α,β-unsaturated/α-hetero) is 1. The van der Waals surface area contributed by atoms with Crippen LogP contribution < -0.4 is 10.6 Å². The molecule has 0 spiro atoms. The van der Waals surface area contributed by atoms with Gasteiger partial charge in [0.2, 0.25) is 0 Å². The molecule has 3 aromatic carbocycles. The Morgan fingerprint density at radius 3 is 2.10 bits per heavy atom. The van der Waals surface area contributed by atoms with Crippen LogP contribution in [0.1, 0.15) is 19.4 Å². The van der Waals surface area contributed by atoms with Crippen LogP contribution in [-0.2, 0) is 20.7 Å². The lowest BCUT2D eigenvalue weighted by molar-refractivity contribution is -0.140. The quantitative estimate of drug-likeness (QED) is 0.246. The van der Waals surface area contributed by atoms with Crippen molar-refractivity contribution in [1.29, 1.82) is 0 Å². The van der Waals surface area contributed by atoms with Crippen molar-refractivity contribution in [2.75, 3.05) is 17.4 Å². The molecule has 4 aromatic rings. The van der Waals surface area contributed by atoms with Gasteiger partial charge in [0.15, 0.2) is 6.73 Å². The highest BCUT2D eigenvalue weighted by Crippen LogP contribution is 2.34. The van der Waals surface area contributed by atoms with Crippen LogP contribution in [0, 0.1) is 0 Å². The summed E-state index contributed by atoms with van der Waals surface area (Å²) in [4.78, 5) is 27.6. The predicted octanol–water partition coefficient (Wildman–Crippen LogP) is 5.20. The van der Waals surface area contributed by atoms with Crippen LogP contribution in [0.4, 0.5) is 17.1 Å². The number of aromatic nitrogens is 1. The number of fused-ring (bicyclic) bond motifs is 2. The van der Waals surface area contributed by atoms with E-state index in [9.17, 15) is 9.59 Å².